The molecule has 1 amide bonds. The van der Waals surface area contributed by atoms with Gasteiger partial charge >= 0.3 is 0 Å². The number of carbonyl (C=O) groups excluding carboxylic acids is 1. The minimum Gasteiger partial charge on any atom is -0.464 e. The second-order valence-electron chi connectivity index (χ2n) is 5.89. The summed E-state index contributed by atoms with van der Waals surface area (Å²) in [5.41, 5.74) is 4.08. The summed E-state index contributed by atoms with van der Waals surface area (Å²) >= 11 is 0. The van der Waals surface area contributed by atoms with Crippen LogP contribution in [-0.2, 0) is 11.2 Å². The van der Waals surface area contributed by atoms with Gasteiger partial charge in [-0.15, -0.1) is 0 Å². The molecule has 1 aromatic carbocycles. The van der Waals surface area contributed by atoms with Gasteiger partial charge in [-0.05, 0) is 49.9 Å². The number of aliphatic hydroxyl groups excluding tert-OH is 1. The Kier molecular flexibility index (Phi) is 4.68. The first kappa shape index (κ1) is 15.6. The van der Waals surface area contributed by atoms with E-state index in [-0.39, 0.29) is 30.9 Å². The first-order valence-corrected chi connectivity index (χ1v) is 7.30. The highest BCUT2D eigenvalue weighted by atomic mass is 16.3. The van der Waals surface area contributed by atoms with E-state index >= 15 is 0 Å². The van der Waals surface area contributed by atoms with Crippen LogP contribution in [0.15, 0.2) is 22.8 Å². The van der Waals surface area contributed by atoms with Crippen LogP contribution in [-0.4, -0.2) is 23.7 Å². The molecular weight excluding hydrogens is 266 g/mol. The number of nitrogens with one attached hydrogen (secondary N) is 1. The van der Waals surface area contributed by atoms with Crippen LogP contribution >= 0.6 is 0 Å². The summed E-state index contributed by atoms with van der Waals surface area (Å²) in [6, 6.07) is 4.02. The molecule has 4 heteroatoms. The van der Waals surface area contributed by atoms with E-state index in [1.54, 1.807) is 6.26 Å². The molecule has 21 heavy (non-hydrogen) atoms. The predicted octanol–water partition coefficient (Wildman–Crippen LogP) is 2.73. The fourth-order valence-electron chi connectivity index (χ4n) is 2.25. The van der Waals surface area contributed by atoms with Gasteiger partial charge < -0.3 is 14.8 Å². The first-order chi connectivity index (χ1) is 9.92. The quantitative estimate of drug-likeness (QED) is 0.889. The van der Waals surface area contributed by atoms with Crippen molar-refractivity contribution in [3.8, 4) is 0 Å². The third-order valence-corrected chi connectivity index (χ3v) is 4.15. The number of rotatable bonds is 5. The molecule has 0 saturated heterocycles. The molecule has 0 radical (unpaired) electrons. The number of carbonyl (C=O) groups is 1. The van der Waals surface area contributed by atoms with E-state index in [1.807, 2.05) is 26.8 Å². The van der Waals surface area contributed by atoms with Gasteiger partial charge in [0.05, 0.1) is 12.7 Å². The number of benzene rings is 1. The third kappa shape index (κ3) is 3.45. The van der Waals surface area contributed by atoms with E-state index in [4.69, 9.17) is 9.52 Å². The fourth-order valence-corrected chi connectivity index (χ4v) is 2.25. The lowest BCUT2D eigenvalue weighted by Gasteiger charge is -2.19. The van der Waals surface area contributed by atoms with E-state index < -0.39 is 0 Å². The van der Waals surface area contributed by atoms with Crippen LogP contribution in [0.5, 0.6) is 0 Å². The molecule has 1 heterocycles. The molecule has 2 aromatic rings. The van der Waals surface area contributed by atoms with Gasteiger partial charge in [0, 0.05) is 23.6 Å². The molecule has 0 aliphatic heterocycles. The first-order valence-electron chi connectivity index (χ1n) is 7.30. The average molecular weight is 289 g/mol. The molecule has 0 saturated carbocycles. The summed E-state index contributed by atoms with van der Waals surface area (Å²) in [4.78, 5) is 12.1. The number of hydrogen-bond acceptors (Lipinski definition) is 3. The Balaban J connectivity index is 2.13. The minimum atomic E-state index is -0.0521. The molecule has 2 N–H and O–H groups in total. The number of hydrogen-bond donors (Lipinski definition) is 2. The lowest BCUT2D eigenvalue weighted by atomic mass is 10.0. The largest absolute Gasteiger partial charge is 0.464 e. The van der Waals surface area contributed by atoms with E-state index in [2.05, 4.69) is 18.3 Å². The van der Waals surface area contributed by atoms with E-state index in [0.29, 0.717) is 0 Å². The highest BCUT2D eigenvalue weighted by Crippen LogP contribution is 2.25. The Morgan fingerprint density at radius 2 is 1.95 bits per heavy atom. The highest BCUT2D eigenvalue weighted by molar-refractivity contribution is 5.88. The second-order valence-corrected chi connectivity index (χ2v) is 5.89. The van der Waals surface area contributed by atoms with Crippen LogP contribution in [0.2, 0.25) is 0 Å². The summed E-state index contributed by atoms with van der Waals surface area (Å²) in [6.45, 7) is 7.97. The molecule has 1 aromatic heterocycles. The van der Waals surface area contributed by atoms with Gasteiger partial charge in [-0.1, -0.05) is 6.92 Å². The van der Waals surface area contributed by atoms with Gasteiger partial charge in [-0.3, -0.25) is 4.79 Å². The molecule has 2 rings (SSSR count). The van der Waals surface area contributed by atoms with Crippen molar-refractivity contribution in [2.45, 2.75) is 40.2 Å². The summed E-state index contributed by atoms with van der Waals surface area (Å²) in [5.74, 6) is -0.0105. The zero-order valence-corrected chi connectivity index (χ0v) is 13.1. The van der Waals surface area contributed by atoms with Crippen molar-refractivity contribution in [2.24, 2.45) is 5.92 Å². The molecule has 0 fully saturated rings. The van der Waals surface area contributed by atoms with Crippen LogP contribution in [0, 0.1) is 19.8 Å². The number of amides is 1. The summed E-state index contributed by atoms with van der Waals surface area (Å²) in [7, 11) is 0. The second kappa shape index (κ2) is 6.31. The van der Waals surface area contributed by atoms with Crippen LogP contribution in [0.3, 0.4) is 0 Å². The van der Waals surface area contributed by atoms with Gasteiger partial charge in [0.1, 0.15) is 5.58 Å². The zero-order chi connectivity index (χ0) is 15.6. The Morgan fingerprint density at radius 3 is 2.62 bits per heavy atom. The van der Waals surface area contributed by atoms with Crippen molar-refractivity contribution >= 4 is 16.9 Å². The van der Waals surface area contributed by atoms with E-state index in [1.165, 1.54) is 11.1 Å². The van der Waals surface area contributed by atoms with E-state index in [9.17, 15) is 4.79 Å². The Labute approximate surface area is 125 Å². The van der Waals surface area contributed by atoms with Gasteiger partial charge in [0.25, 0.3) is 0 Å². The maximum atomic E-state index is 12.1. The number of aliphatic hydroxyl groups is 1. The van der Waals surface area contributed by atoms with Gasteiger partial charge in [-0.25, -0.2) is 0 Å². The summed E-state index contributed by atoms with van der Waals surface area (Å²) < 4.78 is 5.54. The van der Waals surface area contributed by atoms with Gasteiger partial charge in [0.2, 0.25) is 5.91 Å². The molecule has 0 aliphatic carbocycles. The Bertz CT molecular complexity index is 645. The predicted molar refractivity (Wildman–Crippen MR) is 83.2 cm³/mol. The maximum absolute atomic E-state index is 12.1. The monoisotopic (exact) mass is 289 g/mol. The number of furan rings is 1. The molecule has 0 bridgehead atoms. The normalized spacial score (nSPS) is 14.1. The van der Waals surface area contributed by atoms with Crippen molar-refractivity contribution < 1.29 is 14.3 Å². The fraction of sp³-hybridized carbons (Fsp3) is 0.471. The zero-order valence-electron chi connectivity index (χ0n) is 13.1. The molecule has 114 valence electrons. The molecule has 4 nitrogen and oxygen atoms in total. The van der Waals surface area contributed by atoms with Gasteiger partial charge in [-0.2, -0.15) is 0 Å². The molecule has 2 unspecified atom stereocenters. The van der Waals surface area contributed by atoms with Crippen LogP contribution in [0.25, 0.3) is 11.0 Å². The van der Waals surface area contributed by atoms with Crippen molar-refractivity contribution in [1.82, 2.24) is 5.32 Å². The Hall–Kier alpha value is -1.81. The topological polar surface area (TPSA) is 62.5 Å². The van der Waals surface area contributed by atoms with Crippen LogP contribution < -0.4 is 5.32 Å². The van der Waals surface area contributed by atoms with Crippen LogP contribution in [0.4, 0.5) is 0 Å². The number of fused-ring (bicyclic) bond motifs is 1. The van der Waals surface area contributed by atoms with Crippen molar-refractivity contribution in [2.75, 3.05) is 6.61 Å². The lowest BCUT2D eigenvalue weighted by Crippen LogP contribution is -2.39. The standard InChI is InChI=1S/C17H23NO3/c1-10-5-15-14(9-21-16(15)6-11(10)2)7-17(20)18-13(4)12(3)8-19/h5-6,9,12-13,19H,7-8H2,1-4H3,(H,18,20). The molecule has 0 aliphatic rings. The molecule has 0 spiro atoms. The molecule has 2 atom stereocenters. The SMILES string of the molecule is Cc1cc2occ(CC(=O)NC(C)C(C)CO)c2cc1C. The maximum Gasteiger partial charge on any atom is 0.224 e. The smallest absolute Gasteiger partial charge is 0.224 e. The minimum absolute atomic E-state index is 0.0416. The van der Waals surface area contributed by atoms with Crippen molar-refractivity contribution in [1.29, 1.82) is 0 Å². The number of aryl methyl sites for hydroxylation is 2. The van der Waals surface area contributed by atoms with Crippen molar-refractivity contribution in [3.63, 3.8) is 0 Å². The average Bonchev–Trinajstić information content (AvgIpc) is 2.80. The lowest BCUT2D eigenvalue weighted by molar-refractivity contribution is -0.121. The summed E-state index contributed by atoms with van der Waals surface area (Å²) in [5, 5.41) is 13.0. The third-order valence-electron chi connectivity index (χ3n) is 4.15. The van der Waals surface area contributed by atoms with E-state index in [0.717, 1.165) is 16.5 Å². The van der Waals surface area contributed by atoms with Crippen molar-refractivity contribution in [3.05, 3.63) is 35.1 Å². The van der Waals surface area contributed by atoms with Crippen LogP contribution in [0.1, 0.15) is 30.5 Å². The summed E-state index contributed by atoms with van der Waals surface area (Å²) in [6.07, 6.45) is 1.95. The highest BCUT2D eigenvalue weighted by Gasteiger charge is 2.16. The van der Waals surface area contributed by atoms with Gasteiger partial charge in [0.15, 0.2) is 0 Å². The molecular formula is C17H23NO3. The Morgan fingerprint density at radius 1 is 1.29 bits per heavy atom.